The topological polar surface area (TPSA) is 38.3 Å². The fourth-order valence-electron chi connectivity index (χ4n) is 2.67. The highest BCUT2D eigenvalue weighted by atomic mass is 35.5. The summed E-state index contributed by atoms with van der Waals surface area (Å²) in [5.41, 5.74) is 1.95. The predicted molar refractivity (Wildman–Crippen MR) is 91.8 cm³/mol. The van der Waals surface area contributed by atoms with Gasteiger partial charge >= 0.3 is 0 Å². The summed E-state index contributed by atoms with van der Waals surface area (Å²) in [7, 11) is 0. The van der Waals surface area contributed by atoms with Crippen LogP contribution < -0.4 is 5.32 Å². The molecule has 1 fully saturated rings. The van der Waals surface area contributed by atoms with E-state index in [0.717, 1.165) is 17.5 Å². The number of amides is 1. The molecule has 1 heterocycles. The molecule has 2 aromatic carbocycles. The highest BCUT2D eigenvalue weighted by Gasteiger charge is 2.26. The summed E-state index contributed by atoms with van der Waals surface area (Å²) in [6.45, 7) is 1.13. The van der Waals surface area contributed by atoms with Gasteiger partial charge in [-0.15, -0.1) is 0 Å². The minimum absolute atomic E-state index is 0.0115. The van der Waals surface area contributed by atoms with Crippen molar-refractivity contribution in [3.63, 3.8) is 0 Å². The largest absolute Gasteiger partial charge is 0.381 e. The van der Waals surface area contributed by atoms with Crippen LogP contribution in [0.5, 0.6) is 0 Å². The number of hydrogen-bond donors (Lipinski definition) is 1. The van der Waals surface area contributed by atoms with Crippen molar-refractivity contribution in [3.05, 3.63) is 69.7 Å². The summed E-state index contributed by atoms with van der Waals surface area (Å²) in [5.74, 6) is -0.0745. The van der Waals surface area contributed by atoms with Crippen LogP contribution in [0.3, 0.4) is 0 Å². The smallest absolute Gasteiger partial charge is 0.226 e. The van der Waals surface area contributed by atoms with Gasteiger partial charge in [-0.25, -0.2) is 0 Å². The molecular formula is C18H17Cl2NO2. The van der Waals surface area contributed by atoms with E-state index in [2.05, 4.69) is 5.32 Å². The van der Waals surface area contributed by atoms with Crippen LogP contribution >= 0.6 is 23.2 Å². The Bertz CT molecular complexity index is 619. The zero-order valence-electron chi connectivity index (χ0n) is 12.5. The van der Waals surface area contributed by atoms with Crippen LogP contribution in [-0.4, -0.2) is 19.1 Å². The molecule has 1 saturated heterocycles. The normalized spacial score (nSPS) is 17.4. The molecule has 1 N–H and O–H groups in total. The van der Waals surface area contributed by atoms with E-state index in [9.17, 15) is 4.79 Å². The highest BCUT2D eigenvalue weighted by molar-refractivity contribution is 6.30. The van der Waals surface area contributed by atoms with E-state index in [-0.39, 0.29) is 17.9 Å². The molecule has 2 aromatic rings. The Morgan fingerprint density at radius 1 is 1.00 bits per heavy atom. The number of hydrogen-bond acceptors (Lipinski definition) is 2. The lowest BCUT2D eigenvalue weighted by Crippen LogP contribution is -2.34. The van der Waals surface area contributed by atoms with Gasteiger partial charge in [-0.3, -0.25) is 4.79 Å². The first-order chi connectivity index (χ1) is 11.1. The molecule has 0 saturated carbocycles. The maximum Gasteiger partial charge on any atom is 0.226 e. The predicted octanol–water partition coefficient (Wildman–Crippen LogP) is 4.24. The maximum atomic E-state index is 12.5. The zero-order chi connectivity index (χ0) is 16.2. The second kappa shape index (κ2) is 7.35. The van der Waals surface area contributed by atoms with Crippen LogP contribution in [-0.2, 0) is 9.53 Å². The molecule has 23 heavy (non-hydrogen) atoms. The molecule has 5 heteroatoms. The third-order valence-corrected chi connectivity index (χ3v) is 4.50. The van der Waals surface area contributed by atoms with Gasteiger partial charge in [0.1, 0.15) is 0 Å². The number of ether oxygens (including phenoxy) is 1. The van der Waals surface area contributed by atoms with Gasteiger partial charge in [0.25, 0.3) is 0 Å². The Labute approximate surface area is 145 Å². The summed E-state index contributed by atoms with van der Waals surface area (Å²) < 4.78 is 5.31. The number of benzene rings is 2. The molecule has 1 aliphatic rings. The lowest BCUT2D eigenvalue weighted by molar-refractivity contribution is -0.125. The van der Waals surface area contributed by atoms with Crippen LogP contribution in [0.15, 0.2) is 48.5 Å². The number of carbonyl (C=O) groups is 1. The average Bonchev–Trinajstić information content (AvgIpc) is 3.09. The molecule has 120 valence electrons. The molecule has 0 spiro atoms. The first kappa shape index (κ1) is 16.3. The van der Waals surface area contributed by atoms with Crippen molar-refractivity contribution in [2.75, 3.05) is 13.2 Å². The number of nitrogens with one attached hydrogen (secondary N) is 1. The zero-order valence-corrected chi connectivity index (χ0v) is 14.0. The first-order valence-electron chi connectivity index (χ1n) is 7.52. The lowest BCUT2D eigenvalue weighted by atomic mass is 9.97. The van der Waals surface area contributed by atoms with E-state index in [1.807, 2.05) is 48.5 Å². The third-order valence-electron chi connectivity index (χ3n) is 3.99. The summed E-state index contributed by atoms with van der Waals surface area (Å²) in [6, 6.07) is 14.8. The molecule has 0 aliphatic carbocycles. The second-order valence-electron chi connectivity index (χ2n) is 5.61. The van der Waals surface area contributed by atoms with E-state index in [1.54, 1.807) is 0 Å². The third kappa shape index (κ3) is 4.05. The Morgan fingerprint density at radius 3 is 1.96 bits per heavy atom. The van der Waals surface area contributed by atoms with Gasteiger partial charge in [0.2, 0.25) is 5.91 Å². The van der Waals surface area contributed by atoms with Crippen molar-refractivity contribution in [2.24, 2.45) is 5.92 Å². The maximum absolute atomic E-state index is 12.5. The van der Waals surface area contributed by atoms with Crippen molar-refractivity contribution in [1.82, 2.24) is 5.32 Å². The average molecular weight is 350 g/mol. The van der Waals surface area contributed by atoms with Crippen molar-refractivity contribution in [2.45, 2.75) is 12.5 Å². The minimum Gasteiger partial charge on any atom is -0.381 e. The van der Waals surface area contributed by atoms with Gasteiger partial charge in [0, 0.05) is 16.7 Å². The van der Waals surface area contributed by atoms with Crippen molar-refractivity contribution in [3.8, 4) is 0 Å². The summed E-state index contributed by atoms with van der Waals surface area (Å²) in [6.07, 6.45) is 0.764. The van der Waals surface area contributed by atoms with E-state index in [1.165, 1.54) is 0 Å². The highest BCUT2D eigenvalue weighted by Crippen LogP contribution is 2.26. The lowest BCUT2D eigenvalue weighted by Gasteiger charge is -2.21. The SMILES string of the molecule is O=C(NC(c1ccc(Cl)cc1)c1ccc(Cl)cc1)C1CCOC1. The van der Waals surface area contributed by atoms with Crippen molar-refractivity contribution >= 4 is 29.1 Å². The molecule has 3 rings (SSSR count). The molecule has 1 unspecified atom stereocenters. The molecule has 0 bridgehead atoms. The Hall–Kier alpha value is -1.55. The first-order valence-corrected chi connectivity index (χ1v) is 8.28. The van der Waals surface area contributed by atoms with Gasteiger partial charge < -0.3 is 10.1 Å². The fourth-order valence-corrected chi connectivity index (χ4v) is 2.92. The number of rotatable bonds is 4. The Morgan fingerprint density at radius 2 is 1.52 bits per heavy atom. The Balaban J connectivity index is 1.87. The minimum atomic E-state index is -0.238. The quantitative estimate of drug-likeness (QED) is 0.896. The molecule has 0 aromatic heterocycles. The second-order valence-corrected chi connectivity index (χ2v) is 6.48. The van der Waals surface area contributed by atoms with Crippen LogP contribution in [0.4, 0.5) is 0 Å². The van der Waals surface area contributed by atoms with Crippen LogP contribution in [0.25, 0.3) is 0 Å². The van der Waals surface area contributed by atoms with Crippen LogP contribution in [0, 0.1) is 5.92 Å². The molecule has 0 radical (unpaired) electrons. The van der Waals surface area contributed by atoms with Crippen LogP contribution in [0.2, 0.25) is 10.0 Å². The van der Waals surface area contributed by atoms with E-state index < -0.39 is 0 Å². The molecule has 1 atom stereocenters. The van der Waals surface area contributed by atoms with Gasteiger partial charge in [-0.05, 0) is 41.8 Å². The summed E-state index contributed by atoms with van der Waals surface area (Å²) in [5, 5.41) is 4.46. The van der Waals surface area contributed by atoms with E-state index >= 15 is 0 Å². The summed E-state index contributed by atoms with van der Waals surface area (Å²) in [4.78, 5) is 12.5. The number of carbonyl (C=O) groups excluding carboxylic acids is 1. The van der Waals surface area contributed by atoms with Crippen molar-refractivity contribution < 1.29 is 9.53 Å². The van der Waals surface area contributed by atoms with Gasteiger partial charge in [0.05, 0.1) is 18.6 Å². The van der Waals surface area contributed by atoms with Crippen LogP contribution in [0.1, 0.15) is 23.6 Å². The number of halogens is 2. The Kier molecular flexibility index (Phi) is 5.21. The fraction of sp³-hybridized carbons (Fsp3) is 0.278. The van der Waals surface area contributed by atoms with Gasteiger partial charge in [-0.2, -0.15) is 0 Å². The molecule has 1 amide bonds. The molecule has 1 aliphatic heterocycles. The standard InChI is InChI=1S/C18H17Cl2NO2/c19-15-5-1-12(2-6-15)17(13-3-7-16(20)8-4-13)21-18(22)14-9-10-23-11-14/h1-8,14,17H,9-11H2,(H,21,22). The molecular weight excluding hydrogens is 333 g/mol. The van der Waals surface area contributed by atoms with E-state index in [0.29, 0.717) is 23.3 Å². The van der Waals surface area contributed by atoms with Gasteiger partial charge in [0.15, 0.2) is 0 Å². The van der Waals surface area contributed by atoms with Crippen molar-refractivity contribution in [1.29, 1.82) is 0 Å². The molecule has 3 nitrogen and oxygen atoms in total. The van der Waals surface area contributed by atoms with E-state index in [4.69, 9.17) is 27.9 Å². The summed E-state index contributed by atoms with van der Waals surface area (Å²) >= 11 is 11.9. The monoisotopic (exact) mass is 349 g/mol. The van der Waals surface area contributed by atoms with Gasteiger partial charge in [-0.1, -0.05) is 47.5 Å².